The largest absolute Gasteiger partial charge is 0.511 e. The van der Waals surface area contributed by atoms with E-state index in [0.717, 1.165) is 19.8 Å². The molecule has 1 aliphatic carbocycles. The highest BCUT2D eigenvalue weighted by Crippen LogP contribution is 2.59. The van der Waals surface area contributed by atoms with Crippen molar-refractivity contribution in [2.24, 2.45) is 11.3 Å². The molecule has 3 rings (SSSR count). The predicted molar refractivity (Wildman–Crippen MR) is 125 cm³/mol. The Hall–Kier alpha value is -4.30. The lowest BCUT2D eigenvalue weighted by atomic mass is 9.54. The third kappa shape index (κ3) is 4.31. The van der Waals surface area contributed by atoms with Crippen LogP contribution in [0.5, 0.6) is 5.75 Å². The van der Waals surface area contributed by atoms with Crippen LogP contribution in [-0.2, 0) is 19.1 Å². The van der Waals surface area contributed by atoms with Crippen molar-refractivity contribution in [3.63, 3.8) is 0 Å². The number of aliphatic hydroxyl groups is 1. The molecule has 180 valence electrons. The molecule has 0 unspecified atom stereocenters. The van der Waals surface area contributed by atoms with E-state index in [9.17, 15) is 25.2 Å². The van der Waals surface area contributed by atoms with Crippen molar-refractivity contribution in [1.82, 2.24) is 0 Å². The molecule has 1 aliphatic rings. The van der Waals surface area contributed by atoms with Crippen molar-refractivity contribution in [2.75, 3.05) is 20.8 Å². The first-order chi connectivity index (χ1) is 16.8. The molecule has 0 saturated heterocycles. The van der Waals surface area contributed by atoms with E-state index in [2.05, 4.69) is 12.1 Å². The molecule has 0 amide bonds. The third-order valence-corrected chi connectivity index (χ3v) is 6.33. The maximum Gasteiger partial charge on any atom is 0.337 e. The molecule has 8 heteroatoms. The van der Waals surface area contributed by atoms with Crippen LogP contribution in [0.1, 0.15) is 35.4 Å². The Labute approximate surface area is 204 Å². The molecule has 0 bridgehead atoms. The van der Waals surface area contributed by atoms with Gasteiger partial charge in [0.1, 0.15) is 17.4 Å². The first-order valence-corrected chi connectivity index (χ1v) is 11.0. The maximum absolute atomic E-state index is 13.0. The van der Waals surface area contributed by atoms with Crippen LogP contribution in [0.3, 0.4) is 0 Å². The van der Waals surface area contributed by atoms with Gasteiger partial charge in [-0.3, -0.25) is 4.79 Å². The van der Waals surface area contributed by atoms with Crippen LogP contribution in [0.15, 0.2) is 59.9 Å². The molecular formula is C27H26N2O6. The number of nitrogens with zero attached hydrogens (tertiary/aromatic N) is 2. The maximum atomic E-state index is 13.0. The lowest BCUT2D eigenvalue weighted by Gasteiger charge is -2.44. The number of hydrogen-bond acceptors (Lipinski definition) is 8. The minimum atomic E-state index is -1.98. The number of nitriles is 2. The van der Waals surface area contributed by atoms with E-state index in [1.54, 1.807) is 48.5 Å². The zero-order valence-corrected chi connectivity index (χ0v) is 19.9. The summed E-state index contributed by atoms with van der Waals surface area (Å²) in [5.41, 5.74) is -0.495. The number of aryl methyl sites for hydroxylation is 1. The number of ether oxygens (including phenoxy) is 3. The summed E-state index contributed by atoms with van der Waals surface area (Å²) in [6.45, 7) is 4.15. The van der Waals surface area contributed by atoms with E-state index in [4.69, 9.17) is 14.2 Å². The number of aliphatic hydroxyl groups excluding tert-OH is 1. The van der Waals surface area contributed by atoms with Gasteiger partial charge in [-0.25, -0.2) is 4.79 Å². The van der Waals surface area contributed by atoms with E-state index < -0.39 is 40.9 Å². The number of carbonyl (C=O) groups excluding carboxylic acids is 2. The van der Waals surface area contributed by atoms with Gasteiger partial charge >= 0.3 is 11.9 Å². The summed E-state index contributed by atoms with van der Waals surface area (Å²) in [5.74, 6) is -5.72. The van der Waals surface area contributed by atoms with Crippen molar-refractivity contribution < 1.29 is 28.9 Å². The predicted octanol–water partition coefficient (Wildman–Crippen LogP) is 4.08. The minimum absolute atomic E-state index is 0.322. The highest BCUT2D eigenvalue weighted by molar-refractivity contribution is 5.94. The molecule has 0 heterocycles. The fourth-order valence-electron chi connectivity index (χ4n) is 4.73. The van der Waals surface area contributed by atoms with Gasteiger partial charge in [-0.05, 0) is 37.1 Å². The smallest absolute Gasteiger partial charge is 0.337 e. The zero-order chi connectivity index (χ0) is 25.8. The van der Waals surface area contributed by atoms with Crippen LogP contribution in [-0.4, -0.2) is 37.9 Å². The molecule has 0 aliphatic heterocycles. The molecule has 2 aromatic rings. The van der Waals surface area contributed by atoms with Crippen LogP contribution in [0, 0.1) is 40.9 Å². The number of benzene rings is 2. The lowest BCUT2D eigenvalue weighted by molar-refractivity contribution is -0.147. The van der Waals surface area contributed by atoms with Gasteiger partial charge in [-0.2, -0.15) is 10.5 Å². The lowest BCUT2D eigenvalue weighted by Crippen LogP contribution is -2.47. The second-order valence-corrected chi connectivity index (χ2v) is 8.21. The van der Waals surface area contributed by atoms with Crippen molar-refractivity contribution in [3.05, 3.63) is 76.6 Å². The van der Waals surface area contributed by atoms with E-state index in [-0.39, 0.29) is 5.57 Å². The zero-order valence-electron chi connectivity index (χ0n) is 19.9. The number of rotatable bonds is 6. The topological polar surface area (TPSA) is 130 Å². The summed E-state index contributed by atoms with van der Waals surface area (Å²) >= 11 is 0. The van der Waals surface area contributed by atoms with Gasteiger partial charge in [0.15, 0.2) is 5.41 Å². The van der Waals surface area contributed by atoms with Crippen molar-refractivity contribution in [2.45, 2.75) is 25.7 Å². The Kier molecular flexibility index (Phi) is 7.46. The van der Waals surface area contributed by atoms with Crippen molar-refractivity contribution in [3.8, 4) is 17.9 Å². The molecule has 0 fully saturated rings. The molecule has 3 atom stereocenters. The second-order valence-electron chi connectivity index (χ2n) is 8.21. The first kappa shape index (κ1) is 25.3. The summed E-state index contributed by atoms with van der Waals surface area (Å²) < 4.78 is 15.4. The molecule has 2 aromatic carbocycles. The van der Waals surface area contributed by atoms with Gasteiger partial charge in [-0.1, -0.05) is 42.0 Å². The molecular weight excluding hydrogens is 448 g/mol. The number of methoxy groups -OCH3 is 2. The van der Waals surface area contributed by atoms with Crippen molar-refractivity contribution in [1.29, 1.82) is 10.5 Å². The number of hydrogen-bond donors (Lipinski definition) is 1. The molecule has 8 nitrogen and oxygen atoms in total. The first-order valence-electron chi connectivity index (χ1n) is 11.0. The third-order valence-electron chi connectivity index (χ3n) is 6.33. The van der Waals surface area contributed by atoms with Crippen LogP contribution in [0.4, 0.5) is 0 Å². The van der Waals surface area contributed by atoms with Gasteiger partial charge in [0, 0.05) is 5.92 Å². The van der Waals surface area contributed by atoms with Crippen LogP contribution >= 0.6 is 0 Å². The standard InChI is InChI=1S/C27H26N2O6/c1-5-35-19-12-10-18(11-13-19)23-21(26(32)34-4)24(30)20(25(31)33-3)22(27(23,14-28)15-29)17-8-6-16(2)7-9-17/h6-13,21-23,30H,5H2,1-4H3/t21-,22-,23-/m0/s1. The highest BCUT2D eigenvalue weighted by atomic mass is 16.5. The van der Waals surface area contributed by atoms with Crippen LogP contribution < -0.4 is 4.74 Å². The molecule has 1 N–H and O–H groups in total. The average Bonchev–Trinajstić information content (AvgIpc) is 2.88. The van der Waals surface area contributed by atoms with E-state index in [0.29, 0.717) is 23.5 Å². The molecule has 35 heavy (non-hydrogen) atoms. The van der Waals surface area contributed by atoms with Gasteiger partial charge in [0.2, 0.25) is 0 Å². The quantitative estimate of drug-likeness (QED) is 0.620. The molecule has 0 aromatic heterocycles. The Balaban J connectivity index is 2.42. The van der Waals surface area contributed by atoms with E-state index in [1.165, 1.54) is 0 Å². The SMILES string of the molecule is CCOc1ccc([C@H]2[C@H](C(=O)OC)C(O)=C(C(=O)OC)[C@H](c3ccc(C)cc3)C2(C#N)C#N)cc1. The Bertz CT molecular complexity index is 1200. The summed E-state index contributed by atoms with van der Waals surface area (Å²) in [4.78, 5) is 25.9. The molecule has 0 spiro atoms. The number of esters is 2. The molecule has 0 radical (unpaired) electrons. The number of carbonyl (C=O) groups is 2. The van der Waals surface area contributed by atoms with E-state index >= 15 is 0 Å². The normalized spacial score (nSPS) is 20.8. The summed E-state index contributed by atoms with van der Waals surface area (Å²) in [6.07, 6.45) is 0. The van der Waals surface area contributed by atoms with Gasteiger partial charge in [0.05, 0.1) is 44.5 Å². The van der Waals surface area contributed by atoms with E-state index in [1.807, 2.05) is 13.8 Å². The fourth-order valence-corrected chi connectivity index (χ4v) is 4.73. The van der Waals surface area contributed by atoms with Gasteiger partial charge < -0.3 is 19.3 Å². The minimum Gasteiger partial charge on any atom is -0.511 e. The second kappa shape index (κ2) is 10.3. The average molecular weight is 475 g/mol. The monoisotopic (exact) mass is 474 g/mol. The molecule has 0 saturated carbocycles. The summed E-state index contributed by atoms with van der Waals surface area (Å²) in [7, 11) is 2.26. The summed E-state index contributed by atoms with van der Waals surface area (Å²) in [5, 5.41) is 32.4. The fraction of sp³-hybridized carbons (Fsp3) is 0.333. The Morgan fingerprint density at radius 1 is 0.971 bits per heavy atom. The summed E-state index contributed by atoms with van der Waals surface area (Å²) in [6, 6.07) is 17.7. The van der Waals surface area contributed by atoms with Crippen molar-refractivity contribution >= 4 is 11.9 Å². The van der Waals surface area contributed by atoms with Crippen LogP contribution in [0.2, 0.25) is 0 Å². The van der Waals surface area contributed by atoms with Gasteiger partial charge in [0.25, 0.3) is 0 Å². The highest BCUT2D eigenvalue weighted by Gasteiger charge is 2.61. The van der Waals surface area contributed by atoms with Gasteiger partial charge in [-0.15, -0.1) is 0 Å². The van der Waals surface area contributed by atoms with Crippen LogP contribution in [0.25, 0.3) is 0 Å². The Morgan fingerprint density at radius 2 is 1.54 bits per heavy atom. The Morgan fingerprint density at radius 3 is 2.03 bits per heavy atom.